The molecule has 0 radical (unpaired) electrons. The highest BCUT2D eigenvalue weighted by atomic mass is 15.2. The Bertz CT molecular complexity index is 403. The molecule has 2 saturated heterocycles. The van der Waals surface area contributed by atoms with Gasteiger partial charge >= 0.3 is 0 Å². The van der Waals surface area contributed by atoms with E-state index in [0.717, 1.165) is 24.5 Å². The lowest BCUT2D eigenvalue weighted by atomic mass is 9.91. The van der Waals surface area contributed by atoms with Crippen molar-refractivity contribution in [1.82, 2.24) is 10.2 Å². The van der Waals surface area contributed by atoms with Crippen LogP contribution in [0.3, 0.4) is 0 Å². The average molecular weight is 272 g/mol. The van der Waals surface area contributed by atoms with Crippen LogP contribution in [0.25, 0.3) is 0 Å². The zero-order valence-electron chi connectivity index (χ0n) is 12.9. The van der Waals surface area contributed by atoms with E-state index >= 15 is 0 Å². The predicted molar refractivity (Wildman–Crippen MR) is 85.0 cm³/mol. The molecular weight excluding hydrogens is 244 g/mol. The van der Waals surface area contributed by atoms with E-state index in [0.29, 0.717) is 5.92 Å². The van der Waals surface area contributed by atoms with Gasteiger partial charge in [-0.3, -0.25) is 0 Å². The Morgan fingerprint density at radius 1 is 1.15 bits per heavy atom. The van der Waals surface area contributed by atoms with Gasteiger partial charge in [0.15, 0.2) is 0 Å². The minimum absolute atomic E-state index is 0.610. The van der Waals surface area contributed by atoms with Crippen LogP contribution in [-0.2, 0) is 0 Å². The van der Waals surface area contributed by atoms with Gasteiger partial charge in [0.25, 0.3) is 0 Å². The molecule has 2 nitrogen and oxygen atoms in total. The van der Waals surface area contributed by atoms with Gasteiger partial charge in [0.05, 0.1) is 0 Å². The Morgan fingerprint density at radius 2 is 1.80 bits per heavy atom. The number of benzene rings is 1. The quantitative estimate of drug-likeness (QED) is 0.885. The molecule has 1 aromatic carbocycles. The normalized spacial score (nSPS) is 31.4. The molecule has 0 spiro atoms. The minimum atomic E-state index is 0.610. The SMILES string of the molecule is CC(CNCC1CC2CCC(C1)N2C)c1ccccc1. The molecule has 0 amide bonds. The van der Waals surface area contributed by atoms with Gasteiger partial charge in [0.1, 0.15) is 0 Å². The first-order valence-electron chi connectivity index (χ1n) is 8.21. The molecule has 2 heterocycles. The highest BCUT2D eigenvalue weighted by Gasteiger charge is 2.37. The molecule has 3 rings (SSSR count). The Kier molecular flexibility index (Phi) is 4.42. The van der Waals surface area contributed by atoms with Gasteiger partial charge < -0.3 is 10.2 Å². The number of rotatable bonds is 5. The Hall–Kier alpha value is -0.860. The van der Waals surface area contributed by atoms with Crippen molar-refractivity contribution in [2.45, 2.75) is 50.6 Å². The fourth-order valence-corrected chi connectivity index (χ4v) is 4.09. The van der Waals surface area contributed by atoms with Gasteiger partial charge in [-0.25, -0.2) is 0 Å². The molecule has 110 valence electrons. The molecule has 1 aromatic rings. The Morgan fingerprint density at radius 3 is 2.45 bits per heavy atom. The average Bonchev–Trinajstić information content (AvgIpc) is 2.70. The third-order valence-electron chi connectivity index (χ3n) is 5.45. The maximum absolute atomic E-state index is 3.72. The third-order valence-corrected chi connectivity index (χ3v) is 5.45. The second kappa shape index (κ2) is 6.28. The molecule has 0 aliphatic carbocycles. The number of piperidine rings is 1. The van der Waals surface area contributed by atoms with Gasteiger partial charge in [-0.05, 0) is 56.7 Å². The van der Waals surface area contributed by atoms with E-state index in [1.807, 2.05) is 0 Å². The van der Waals surface area contributed by atoms with Crippen LogP contribution in [0, 0.1) is 5.92 Å². The van der Waals surface area contributed by atoms with E-state index in [4.69, 9.17) is 0 Å². The van der Waals surface area contributed by atoms with Crippen LogP contribution in [-0.4, -0.2) is 37.1 Å². The highest BCUT2D eigenvalue weighted by molar-refractivity contribution is 5.18. The van der Waals surface area contributed by atoms with Crippen LogP contribution in [0.1, 0.15) is 44.1 Å². The maximum atomic E-state index is 3.72. The van der Waals surface area contributed by atoms with E-state index in [1.54, 1.807) is 0 Å². The van der Waals surface area contributed by atoms with Crippen LogP contribution >= 0.6 is 0 Å². The summed E-state index contributed by atoms with van der Waals surface area (Å²) in [7, 11) is 2.32. The number of hydrogen-bond acceptors (Lipinski definition) is 2. The van der Waals surface area contributed by atoms with Gasteiger partial charge in [-0.15, -0.1) is 0 Å². The van der Waals surface area contributed by atoms with Crippen molar-refractivity contribution in [1.29, 1.82) is 0 Å². The standard InChI is InChI=1S/C18H28N2/c1-14(16-6-4-3-5-7-16)12-19-13-15-10-17-8-9-18(11-15)20(17)2/h3-7,14-15,17-19H,8-13H2,1-2H3. The smallest absolute Gasteiger partial charge is 0.00988 e. The van der Waals surface area contributed by atoms with Crippen molar-refractivity contribution >= 4 is 0 Å². The lowest BCUT2D eigenvalue weighted by Gasteiger charge is -2.36. The van der Waals surface area contributed by atoms with Gasteiger partial charge in [-0.1, -0.05) is 37.3 Å². The first-order valence-corrected chi connectivity index (χ1v) is 8.21. The largest absolute Gasteiger partial charge is 0.316 e. The number of nitrogens with one attached hydrogen (secondary N) is 1. The zero-order chi connectivity index (χ0) is 13.9. The van der Waals surface area contributed by atoms with Crippen LogP contribution in [0.15, 0.2) is 30.3 Å². The van der Waals surface area contributed by atoms with Crippen molar-refractivity contribution in [3.63, 3.8) is 0 Å². The lowest BCUT2D eigenvalue weighted by molar-refractivity contribution is 0.133. The zero-order valence-corrected chi connectivity index (χ0v) is 12.9. The minimum Gasteiger partial charge on any atom is -0.316 e. The van der Waals surface area contributed by atoms with Crippen LogP contribution in [0.5, 0.6) is 0 Å². The van der Waals surface area contributed by atoms with Gasteiger partial charge in [0, 0.05) is 18.6 Å². The van der Waals surface area contributed by atoms with Gasteiger partial charge in [-0.2, -0.15) is 0 Å². The molecule has 1 N–H and O–H groups in total. The highest BCUT2D eigenvalue weighted by Crippen LogP contribution is 2.37. The second-order valence-electron chi connectivity index (χ2n) is 6.86. The molecule has 2 heteroatoms. The van der Waals surface area contributed by atoms with E-state index in [2.05, 4.69) is 54.5 Å². The second-order valence-corrected chi connectivity index (χ2v) is 6.86. The molecule has 2 aliphatic rings. The molecule has 20 heavy (non-hydrogen) atoms. The number of hydrogen-bond donors (Lipinski definition) is 1. The summed E-state index contributed by atoms with van der Waals surface area (Å²) in [4.78, 5) is 2.63. The number of fused-ring (bicyclic) bond motifs is 2. The molecule has 3 atom stereocenters. The summed E-state index contributed by atoms with van der Waals surface area (Å²) in [6.07, 6.45) is 5.66. The monoisotopic (exact) mass is 272 g/mol. The summed E-state index contributed by atoms with van der Waals surface area (Å²) in [5, 5.41) is 3.72. The van der Waals surface area contributed by atoms with E-state index in [-0.39, 0.29) is 0 Å². The maximum Gasteiger partial charge on any atom is 0.00988 e. The summed E-state index contributed by atoms with van der Waals surface area (Å²) in [5.74, 6) is 1.51. The summed E-state index contributed by atoms with van der Waals surface area (Å²) in [6, 6.07) is 12.6. The molecule has 2 bridgehead atoms. The molecule has 0 aromatic heterocycles. The molecule has 0 saturated carbocycles. The van der Waals surface area contributed by atoms with Crippen molar-refractivity contribution in [3.8, 4) is 0 Å². The van der Waals surface area contributed by atoms with Gasteiger partial charge in [0.2, 0.25) is 0 Å². The number of nitrogens with zero attached hydrogens (tertiary/aromatic N) is 1. The summed E-state index contributed by atoms with van der Waals surface area (Å²) < 4.78 is 0. The fourth-order valence-electron chi connectivity index (χ4n) is 4.09. The summed E-state index contributed by atoms with van der Waals surface area (Å²) in [6.45, 7) is 4.63. The van der Waals surface area contributed by atoms with E-state index in [9.17, 15) is 0 Å². The van der Waals surface area contributed by atoms with E-state index < -0.39 is 0 Å². The molecule has 3 unspecified atom stereocenters. The predicted octanol–water partition coefficient (Wildman–Crippen LogP) is 3.25. The van der Waals surface area contributed by atoms with Crippen molar-refractivity contribution in [2.24, 2.45) is 5.92 Å². The van der Waals surface area contributed by atoms with Crippen molar-refractivity contribution < 1.29 is 0 Å². The lowest BCUT2D eigenvalue weighted by Crippen LogP contribution is -2.42. The summed E-state index contributed by atoms with van der Waals surface area (Å²) >= 11 is 0. The molecule has 2 aliphatic heterocycles. The first-order chi connectivity index (χ1) is 9.74. The molecular formula is C18H28N2. The topological polar surface area (TPSA) is 15.3 Å². The Balaban J connectivity index is 1.42. The van der Waals surface area contributed by atoms with Crippen LogP contribution in [0.4, 0.5) is 0 Å². The first kappa shape index (κ1) is 14.1. The van der Waals surface area contributed by atoms with Crippen molar-refractivity contribution in [3.05, 3.63) is 35.9 Å². The van der Waals surface area contributed by atoms with Crippen molar-refractivity contribution in [2.75, 3.05) is 20.1 Å². The summed E-state index contributed by atoms with van der Waals surface area (Å²) in [5.41, 5.74) is 1.45. The molecule has 2 fully saturated rings. The Labute approximate surface area is 123 Å². The third kappa shape index (κ3) is 3.07. The fraction of sp³-hybridized carbons (Fsp3) is 0.667. The van der Waals surface area contributed by atoms with Crippen LogP contribution in [0.2, 0.25) is 0 Å². The van der Waals surface area contributed by atoms with E-state index in [1.165, 1.54) is 37.8 Å². The van der Waals surface area contributed by atoms with Crippen LogP contribution < -0.4 is 5.32 Å².